The maximum Gasteiger partial charge on any atom is 0.189 e. The number of hydrogen-bond acceptors (Lipinski definition) is 6. The minimum Gasteiger partial charge on any atom is -0.467 e. The second-order valence-electron chi connectivity index (χ2n) is 5.53. The Morgan fingerprint density at radius 1 is 1.25 bits per heavy atom. The van der Waals surface area contributed by atoms with E-state index in [-0.39, 0.29) is 13.4 Å². The normalized spacial score (nSPS) is 13.5. The quantitative estimate of drug-likeness (QED) is 0.699. The van der Waals surface area contributed by atoms with Crippen LogP contribution < -0.4 is 10.1 Å². The monoisotopic (exact) mass is 326 g/mol. The summed E-state index contributed by atoms with van der Waals surface area (Å²) in [4.78, 5) is 4.43. The van der Waals surface area contributed by atoms with Crippen LogP contribution in [0.2, 0.25) is 0 Å². The summed E-state index contributed by atoms with van der Waals surface area (Å²) in [5.74, 6) is 1.58. The lowest BCUT2D eigenvalue weighted by atomic mass is 10.0. The molecule has 0 fully saturated rings. The molecule has 0 atom stereocenters. The molecule has 1 aliphatic rings. The third-order valence-electron chi connectivity index (χ3n) is 3.96. The van der Waals surface area contributed by atoms with E-state index in [1.165, 1.54) is 0 Å². The van der Waals surface area contributed by atoms with Gasteiger partial charge in [-0.1, -0.05) is 12.1 Å². The number of aromatic nitrogens is 3. The summed E-state index contributed by atoms with van der Waals surface area (Å²) in [6, 6.07) is 9.73. The number of rotatable bonds is 5. The van der Waals surface area contributed by atoms with Gasteiger partial charge in [-0.25, -0.2) is 9.50 Å². The average Bonchev–Trinajstić information content (AvgIpc) is 3.04. The number of aliphatic hydroxyl groups is 1. The van der Waals surface area contributed by atoms with Gasteiger partial charge < -0.3 is 19.9 Å². The van der Waals surface area contributed by atoms with Crippen LogP contribution in [0.4, 0.5) is 5.82 Å². The molecule has 3 aromatic rings. The summed E-state index contributed by atoms with van der Waals surface area (Å²) in [6.07, 6.45) is 2.49. The number of hydrogen-bond donors (Lipinski definition) is 2. The van der Waals surface area contributed by atoms with E-state index in [1.54, 1.807) is 0 Å². The predicted octanol–water partition coefficient (Wildman–Crippen LogP) is 2.06. The standard InChI is InChI=1S/C17H18N4O3/c22-8-2-7-18-16-5-6-17-19-9-14(21(17)20-16)12-3-1-4-15-13(12)10-23-11-24-15/h1,3-6,9,22H,2,7-8,10-11H2,(H,18,20). The van der Waals surface area contributed by atoms with Crippen molar-refractivity contribution in [3.05, 3.63) is 42.1 Å². The largest absolute Gasteiger partial charge is 0.467 e. The highest BCUT2D eigenvalue weighted by Gasteiger charge is 2.18. The molecule has 0 saturated carbocycles. The van der Waals surface area contributed by atoms with Crippen LogP contribution >= 0.6 is 0 Å². The maximum absolute atomic E-state index is 8.89. The fourth-order valence-electron chi connectivity index (χ4n) is 2.79. The first kappa shape index (κ1) is 14.9. The van der Waals surface area contributed by atoms with E-state index in [0.717, 1.165) is 34.0 Å². The zero-order valence-electron chi connectivity index (χ0n) is 13.1. The molecule has 0 bridgehead atoms. The molecule has 0 amide bonds. The molecule has 0 aliphatic carbocycles. The molecule has 7 nitrogen and oxygen atoms in total. The van der Waals surface area contributed by atoms with Crippen LogP contribution in [-0.2, 0) is 11.3 Å². The van der Waals surface area contributed by atoms with Gasteiger partial charge in [-0.15, -0.1) is 5.10 Å². The fourth-order valence-corrected chi connectivity index (χ4v) is 2.79. The van der Waals surface area contributed by atoms with Gasteiger partial charge in [-0.2, -0.15) is 0 Å². The molecule has 4 rings (SSSR count). The van der Waals surface area contributed by atoms with Crippen LogP contribution in [0.15, 0.2) is 36.5 Å². The van der Waals surface area contributed by atoms with Crippen LogP contribution in [0, 0.1) is 0 Å². The summed E-state index contributed by atoms with van der Waals surface area (Å²) in [6.45, 7) is 1.61. The van der Waals surface area contributed by atoms with E-state index in [0.29, 0.717) is 19.6 Å². The lowest BCUT2D eigenvalue weighted by molar-refractivity contribution is -0.0160. The van der Waals surface area contributed by atoms with Crippen LogP contribution in [0.3, 0.4) is 0 Å². The Bertz CT molecular complexity index is 862. The van der Waals surface area contributed by atoms with E-state index >= 15 is 0 Å². The van der Waals surface area contributed by atoms with Crippen LogP contribution in [0.1, 0.15) is 12.0 Å². The van der Waals surface area contributed by atoms with Crippen molar-refractivity contribution in [1.29, 1.82) is 0 Å². The van der Waals surface area contributed by atoms with Gasteiger partial charge >= 0.3 is 0 Å². The number of nitrogens with one attached hydrogen (secondary N) is 1. The molecule has 1 aromatic carbocycles. The number of imidazole rings is 1. The van der Waals surface area contributed by atoms with Gasteiger partial charge in [0.15, 0.2) is 12.4 Å². The topological polar surface area (TPSA) is 80.9 Å². The number of ether oxygens (including phenoxy) is 2. The summed E-state index contributed by atoms with van der Waals surface area (Å²) >= 11 is 0. The van der Waals surface area contributed by atoms with Gasteiger partial charge in [-0.05, 0) is 24.6 Å². The van der Waals surface area contributed by atoms with Crippen molar-refractivity contribution in [3.63, 3.8) is 0 Å². The van der Waals surface area contributed by atoms with Gasteiger partial charge in [0.25, 0.3) is 0 Å². The average molecular weight is 326 g/mol. The lowest BCUT2D eigenvalue weighted by Crippen LogP contribution is -2.12. The smallest absolute Gasteiger partial charge is 0.189 e. The second kappa shape index (κ2) is 6.46. The Morgan fingerprint density at radius 3 is 3.12 bits per heavy atom. The lowest BCUT2D eigenvalue weighted by Gasteiger charge is -2.20. The Balaban J connectivity index is 1.75. The summed E-state index contributed by atoms with van der Waals surface area (Å²) in [5, 5.41) is 16.7. The van der Waals surface area contributed by atoms with Crippen molar-refractivity contribution in [2.75, 3.05) is 25.3 Å². The van der Waals surface area contributed by atoms with E-state index in [1.807, 2.05) is 41.0 Å². The molecule has 0 radical (unpaired) electrons. The maximum atomic E-state index is 8.89. The molecule has 0 spiro atoms. The highest BCUT2D eigenvalue weighted by atomic mass is 16.7. The van der Waals surface area contributed by atoms with Gasteiger partial charge in [0.05, 0.1) is 18.5 Å². The van der Waals surface area contributed by atoms with Gasteiger partial charge in [0.1, 0.15) is 11.6 Å². The highest BCUT2D eigenvalue weighted by Crippen LogP contribution is 2.33. The Morgan fingerprint density at radius 2 is 2.21 bits per heavy atom. The zero-order chi connectivity index (χ0) is 16.4. The third kappa shape index (κ3) is 2.68. The highest BCUT2D eigenvalue weighted by molar-refractivity contribution is 5.69. The molecule has 1 aliphatic heterocycles. The number of fused-ring (bicyclic) bond motifs is 2. The molecular weight excluding hydrogens is 308 g/mol. The summed E-state index contributed by atoms with van der Waals surface area (Å²) < 4.78 is 12.8. The van der Waals surface area contributed by atoms with Crippen molar-refractivity contribution < 1.29 is 14.6 Å². The Labute approximate surface area is 138 Å². The molecule has 0 saturated heterocycles. The molecule has 2 aromatic heterocycles. The molecule has 3 heterocycles. The number of benzene rings is 1. The van der Waals surface area contributed by atoms with Gasteiger partial charge in [0.2, 0.25) is 0 Å². The number of nitrogens with zero attached hydrogens (tertiary/aromatic N) is 3. The van der Waals surface area contributed by atoms with Crippen molar-refractivity contribution in [2.24, 2.45) is 0 Å². The SMILES string of the molecule is OCCCNc1ccc2ncc(-c3cccc4c3COCO4)n2n1. The summed E-state index contributed by atoms with van der Waals surface area (Å²) in [7, 11) is 0. The van der Waals surface area contributed by atoms with Crippen LogP contribution in [0.25, 0.3) is 16.9 Å². The number of aliphatic hydroxyl groups excluding tert-OH is 1. The Hall–Kier alpha value is -2.64. The van der Waals surface area contributed by atoms with Gasteiger partial charge in [0, 0.05) is 24.3 Å². The number of anilines is 1. The van der Waals surface area contributed by atoms with Crippen LogP contribution in [-0.4, -0.2) is 39.6 Å². The second-order valence-corrected chi connectivity index (χ2v) is 5.53. The van der Waals surface area contributed by atoms with Crippen LogP contribution in [0.5, 0.6) is 5.75 Å². The third-order valence-corrected chi connectivity index (χ3v) is 3.96. The minimum absolute atomic E-state index is 0.154. The van der Waals surface area contributed by atoms with E-state index < -0.39 is 0 Å². The minimum atomic E-state index is 0.154. The summed E-state index contributed by atoms with van der Waals surface area (Å²) in [5.41, 5.74) is 3.67. The van der Waals surface area contributed by atoms with Crippen molar-refractivity contribution >= 4 is 11.5 Å². The fraction of sp³-hybridized carbons (Fsp3) is 0.294. The molecule has 2 N–H and O–H groups in total. The Kier molecular flexibility index (Phi) is 4.02. The molecule has 7 heteroatoms. The first-order valence-corrected chi connectivity index (χ1v) is 7.89. The first-order chi connectivity index (χ1) is 11.9. The van der Waals surface area contributed by atoms with E-state index in [4.69, 9.17) is 14.6 Å². The first-order valence-electron chi connectivity index (χ1n) is 7.89. The predicted molar refractivity (Wildman–Crippen MR) is 88.9 cm³/mol. The van der Waals surface area contributed by atoms with Crippen molar-refractivity contribution in [2.45, 2.75) is 13.0 Å². The molecule has 124 valence electrons. The van der Waals surface area contributed by atoms with Crippen molar-refractivity contribution in [1.82, 2.24) is 14.6 Å². The molecule has 0 unspecified atom stereocenters. The zero-order valence-corrected chi connectivity index (χ0v) is 13.1. The molecular formula is C17H18N4O3. The van der Waals surface area contributed by atoms with Crippen molar-refractivity contribution in [3.8, 4) is 17.0 Å². The van der Waals surface area contributed by atoms with E-state index in [9.17, 15) is 0 Å². The van der Waals surface area contributed by atoms with E-state index in [2.05, 4.69) is 15.4 Å². The van der Waals surface area contributed by atoms with Gasteiger partial charge in [-0.3, -0.25) is 0 Å². The molecule has 24 heavy (non-hydrogen) atoms.